The number of aryl methyl sites for hydroxylation is 1. The van der Waals surface area contributed by atoms with Gasteiger partial charge in [0, 0.05) is 141 Å². The molecule has 1 N–H and O–H groups in total. The number of hydrogen-bond donors (Lipinski definition) is 1. The molecule has 700 valence electrons. The van der Waals surface area contributed by atoms with Gasteiger partial charge in [0.25, 0.3) is 11.8 Å². The van der Waals surface area contributed by atoms with Gasteiger partial charge < -0.3 is 92.7 Å². The van der Waals surface area contributed by atoms with E-state index in [4.69, 9.17) is 96.3 Å². The van der Waals surface area contributed by atoms with Crippen molar-refractivity contribution >= 4 is 178 Å². The molecule has 0 aliphatic carbocycles. The van der Waals surface area contributed by atoms with Gasteiger partial charge in [-0.2, -0.15) is 111 Å². The molecule has 0 spiro atoms. The first-order valence-corrected chi connectivity index (χ1v) is 44.2. The minimum Gasteiger partial charge on any atom is -0.462 e. The number of piperazine rings is 3. The SMILES string of the molecule is S.S.S.S.S.S.[2H]C([2H])=C([2H])C(=O)N1CCN(c2nc(OC[C@@H]3CCCN3C)nc3c2CCN(c2cccc4cccc(Cl)c24)C3)C[C@@H]1C[N+]#[C-].[C-]#[N+]C[C@H]1CN(c2nc(OC[C@@H]3CCCN3C)nc3c2CCN(c2cccc(C)c2C)C3)CCN1C(=O)C(=C)Cl.[C-]#[N+]C[C@H]1CN(c2nc(OC[C@@H]3CCCN3C)nc3c2CCN(c2cccc4ccccc24)C3)CCN1C(=O)C#CCO. The van der Waals surface area contributed by atoms with Crippen LogP contribution in [0, 0.1) is 45.4 Å². The normalized spacial score (nSPS) is 20.1. The van der Waals surface area contributed by atoms with Gasteiger partial charge >= 0.3 is 18.0 Å². The van der Waals surface area contributed by atoms with Crippen molar-refractivity contribution in [1.82, 2.24) is 59.3 Å². The maximum atomic E-state index is 12.9. The molecule has 28 nitrogen and oxygen atoms in total. The average molecular weight is 1940 g/mol. The number of anilines is 6. The minimum atomic E-state index is -0.833. The van der Waals surface area contributed by atoms with Crippen LogP contribution in [0.3, 0.4) is 0 Å². The fourth-order valence-electron chi connectivity index (χ4n) is 19.1. The van der Waals surface area contributed by atoms with Crippen molar-refractivity contribution in [2.45, 2.75) is 128 Å². The summed E-state index contributed by atoms with van der Waals surface area (Å²) < 4.78 is 41.6. The fourth-order valence-corrected chi connectivity index (χ4v) is 19.5. The van der Waals surface area contributed by atoms with Crippen molar-refractivity contribution in [2.75, 3.05) is 195 Å². The number of aliphatic hydroxyl groups is 1. The van der Waals surface area contributed by atoms with Crippen molar-refractivity contribution in [3.8, 4) is 29.9 Å². The molecule has 12 heterocycles. The van der Waals surface area contributed by atoms with Gasteiger partial charge in [0.15, 0.2) is 0 Å². The van der Waals surface area contributed by atoms with Crippen molar-refractivity contribution in [1.29, 1.82) is 0 Å². The van der Waals surface area contributed by atoms with Crippen molar-refractivity contribution in [2.24, 2.45) is 0 Å². The van der Waals surface area contributed by atoms with Crippen LogP contribution < -0.4 is 43.6 Å². The molecule has 0 saturated carbocycles. The van der Waals surface area contributed by atoms with Crippen molar-refractivity contribution < 1.29 is 37.8 Å². The minimum absolute atomic E-state index is 0. The molecule has 9 aliphatic rings. The number of rotatable bonds is 20. The van der Waals surface area contributed by atoms with E-state index in [0.29, 0.717) is 139 Å². The first-order valence-electron chi connectivity index (χ1n) is 45.0. The summed E-state index contributed by atoms with van der Waals surface area (Å²) in [7, 11) is 6.37. The molecule has 36 heteroatoms. The molecular formula is C95H123Cl2N21O7S6. The summed E-state index contributed by atoms with van der Waals surface area (Å²) in [5.74, 6) is 6.01. The quantitative estimate of drug-likeness (QED) is 0.0425. The van der Waals surface area contributed by atoms with Gasteiger partial charge in [0.2, 0.25) is 25.5 Å². The molecule has 6 fully saturated rings. The second-order valence-corrected chi connectivity index (χ2v) is 34.5. The predicted octanol–water partition coefficient (Wildman–Crippen LogP) is 11.5. The number of likely N-dealkylation sites (tertiary alicyclic amines) is 3. The Morgan fingerprint density at radius 1 is 0.511 bits per heavy atom. The largest absolute Gasteiger partial charge is 0.462 e. The van der Waals surface area contributed by atoms with Gasteiger partial charge in [-0.25, -0.2) is 19.7 Å². The molecule has 3 aromatic heterocycles. The molecule has 0 radical (unpaired) electrons. The third-order valence-electron chi connectivity index (χ3n) is 26.1. The zero-order chi connectivity index (χ0) is 89.8. The number of carbonyl (C=O) groups excluding carboxylic acids is 3. The summed E-state index contributed by atoms with van der Waals surface area (Å²) in [4.78, 5) is 104. The number of carbonyl (C=O) groups is 3. The molecule has 9 aliphatic heterocycles. The number of benzene rings is 5. The number of aliphatic hydroxyl groups excluding tert-OH is 1. The summed E-state index contributed by atoms with van der Waals surface area (Å²) in [5, 5.41) is 14.2. The third kappa shape index (κ3) is 24.4. The molecule has 6 atom stereocenters. The van der Waals surface area contributed by atoms with Gasteiger partial charge in [0.05, 0.1) is 50.9 Å². The number of likely N-dealkylation sites (N-methyl/N-ethyl adjacent to an activating group) is 3. The number of hydrogen-bond acceptors (Lipinski definition) is 22. The first kappa shape index (κ1) is 100. The van der Waals surface area contributed by atoms with Crippen LogP contribution in [0.15, 0.2) is 121 Å². The number of fused-ring (bicyclic) bond motifs is 5. The summed E-state index contributed by atoms with van der Waals surface area (Å²) in [6.07, 6.45) is 8.98. The zero-order valence-electron chi connectivity index (χ0n) is 78.0. The van der Waals surface area contributed by atoms with Crippen LogP contribution in [0.1, 0.15) is 87.5 Å². The fraction of sp³-hybridized carbons (Fsp3) is 0.474. The number of nitrogens with zero attached hydrogens (tertiary/aromatic N) is 21. The zero-order valence-corrected chi connectivity index (χ0v) is 82.5. The van der Waals surface area contributed by atoms with Crippen molar-refractivity contribution in [3.05, 3.63) is 205 Å². The van der Waals surface area contributed by atoms with Gasteiger partial charge in [0.1, 0.15) is 62.0 Å². The van der Waals surface area contributed by atoms with Crippen LogP contribution in [0.5, 0.6) is 18.0 Å². The standard InChI is InChI=1S/C33H37N7O3.C32H36ClN7O2.C30H38ClN7O2.6H2S/c1-34-20-26-21-39(17-18-40(26)31(42)13-7-19-41)32-28-14-16-38(30-12-5-9-24-8-3-4-11-27(24)30)22-29(28)35-33(36-32)43-23-25-10-6-15-37(25)2;1-4-29(41)40-17-16-39(19-24(40)18-34-2)31-25-13-15-38(28-12-6-9-22-8-5-11-26(33)30(22)28)20-27(25)35-32(36-31)42-21-23-10-7-14-37(23)3;1-20-8-6-10-27(21(20)2)36-13-11-25-26(18-36)33-30(40-19-23-9-7-12-35(23)5)34-28(25)37-14-15-38(29(39)22(3)31)24(17-37)16-32-4;;;;;;/h3-5,8-9,11-12,25-26,41H,6,10,14-23H2,2H3;4-6,8-9,11-12,23-24H,1,7,10,13-21H2,3H3;6,8,10,23-24H,3,7,9,11-19H2,1-2,5H3;6*1H2/t25-,26-;2*23-,24-;;;;;;/m000....../s1/i;1D2,4D;;;;;;;. The third-order valence-corrected chi connectivity index (χ3v) is 26.6. The van der Waals surface area contributed by atoms with E-state index in [1.807, 2.05) is 18.2 Å². The van der Waals surface area contributed by atoms with Gasteiger partial charge in [-0.1, -0.05) is 115 Å². The molecule has 131 heavy (non-hydrogen) atoms. The van der Waals surface area contributed by atoms with Crippen LogP contribution in [0.2, 0.25) is 5.02 Å². The van der Waals surface area contributed by atoms with Gasteiger partial charge in [-0.3, -0.25) is 14.4 Å². The number of halogens is 2. The Hall–Kier alpha value is -9.50. The maximum Gasteiger partial charge on any atom is 0.318 e. The van der Waals surface area contributed by atoms with E-state index in [9.17, 15) is 14.4 Å². The molecule has 0 bridgehead atoms. The number of amides is 3. The van der Waals surface area contributed by atoms with E-state index in [0.717, 1.165) is 152 Å². The summed E-state index contributed by atoms with van der Waals surface area (Å²) in [6, 6.07) is 33.7. The van der Waals surface area contributed by atoms with E-state index in [-0.39, 0.29) is 143 Å². The molecular weight excluding hydrogens is 1810 g/mol. The summed E-state index contributed by atoms with van der Waals surface area (Å²) in [6.45, 7) is 42.6. The lowest BCUT2D eigenvalue weighted by Gasteiger charge is -2.41. The Morgan fingerprint density at radius 3 is 1.37 bits per heavy atom. The summed E-state index contributed by atoms with van der Waals surface area (Å²) in [5.41, 5.74) is 12.1. The lowest BCUT2D eigenvalue weighted by atomic mass is 10.0. The Kier molecular flexibility index (Phi) is 37.5. The van der Waals surface area contributed by atoms with Crippen LogP contribution >= 0.6 is 104 Å². The van der Waals surface area contributed by atoms with E-state index in [1.165, 1.54) is 44.6 Å². The lowest BCUT2D eigenvalue weighted by molar-refractivity contribution is -0.129. The Morgan fingerprint density at radius 2 is 0.916 bits per heavy atom. The highest BCUT2D eigenvalue weighted by molar-refractivity contribution is 7.60. The second kappa shape index (κ2) is 48.9. The van der Waals surface area contributed by atoms with E-state index in [2.05, 4.69) is 191 Å². The van der Waals surface area contributed by atoms with Gasteiger partial charge in [-0.15, -0.1) is 0 Å². The first-order chi connectivity index (χ1) is 62.1. The van der Waals surface area contributed by atoms with Crippen LogP contribution in [0.25, 0.3) is 36.1 Å². The Balaban J connectivity index is 0.000000221. The monoisotopic (exact) mass is 1930 g/mol. The second-order valence-electron chi connectivity index (χ2n) is 33.7. The summed E-state index contributed by atoms with van der Waals surface area (Å²) >= 11 is 12.6. The molecule has 6 saturated heterocycles. The van der Waals surface area contributed by atoms with Crippen molar-refractivity contribution in [3.63, 3.8) is 0 Å². The smallest absolute Gasteiger partial charge is 0.318 e. The van der Waals surface area contributed by atoms with Gasteiger partial charge in [-0.05, 0) is 171 Å². The molecule has 5 aromatic carbocycles. The molecule has 8 aromatic rings. The Labute approximate surface area is 826 Å². The lowest BCUT2D eigenvalue weighted by Crippen LogP contribution is -2.57. The van der Waals surface area contributed by atoms with Crippen LogP contribution in [-0.2, 0) is 53.3 Å². The number of ether oxygens (including phenoxy) is 3. The highest BCUT2D eigenvalue weighted by atomic mass is 35.5. The van der Waals surface area contributed by atoms with E-state index in [1.54, 1.807) is 9.80 Å². The molecule has 3 amide bonds. The molecule has 0 unspecified atom stereocenters. The average Bonchev–Trinajstić information content (AvgIpc) is 0.938. The van der Waals surface area contributed by atoms with Crippen LogP contribution in [-0.4, -0.2) is 284 Å². The number of aromatic nitrogens is 6. The highest BCUT2D eigenvalue weighted by Crippen LogP contribution is 2.41. The Bertz CT molecular complexity index is 5710. The van der Waals surface area contributed by atoms with E-state index >= 15 is 0 Å². The van der Waals surface area contributed by atoms with E-state index < -0.39 is 24.5 Å². The maximum absolute atomic E-state index is 12.9. The highest BCUT2D eigenvalue weighted by Gasteiger charge is 2.41. The molecule has 17 rings (SSSR count). The van der Waals surface area contributed by atoms with Crippen LogP contribution in [0.4, 0.5) is 34.5 Å². The predicted molar refractivity (Wildman–Crippen MR) is 553 cm³/mol. The topological polar surface area (TPSA) is 228 Å².